The molecule has 0 saturated carbocycles. The number of hydrogen-bond acceptors (Lipinski definition) is 6. The van der Waals surface area contributed by atoms with Gasteiger partial charge in [-0.3, -0.25) is 9.67 Å². The summed E-state index contributed by atoms with van der Waals surface area (Å²) in [6.07, 6.45) is 3.86. The van der Waals surface area contributed by atoms with E-state index in [0.717, 1.165) is 42.4 Å². The average Bonchev–Trinajstić information content (AvgIpc) is 2.91. The minimum atomic E-state index is -0.151. The van der Waals surface area contributed by atoms with Crippen LogP contribution in [0.1, 0.15) is 23.2 Å². The van der Waals surface area contributed by atoms with Crippen LogP contribution in [0, 0.1) is 13.8 Å². The highest BCUT2D eigenvalue weighted by Crippen LogP contribution is 2.38. The molecule has 136 valence electrons. The first-order valence-electron chi connectivity index (χ1n) is 8.68. The number of ether oxygens (including phenoxy) is 1. The highest BCUT2D eigenvalue weighted by molar-refractivity contribution is 5.73. The van der Waals surface area contributed by atoms with Crippen LogP contribution in [-0.4, -0.2) is 52.8 Å². The topological polar surface area (TPSA) is 75.4 Å². The Morgan fingerprint density at radius 2 is 2.20 bits per heavy atom. The molecular formula is C18H27N5O2. The molecule has 1 aliphatic rings. The monoisotopic (exact) mass is 345 g/mol. The summed E-state index contributed by atoms with van der Waals surface area (Å²) in [5, 5.41) is 17.7. The van der Waals surface area contributed by atoms with E-state index in [0.29, 0.717) is 6.61 Å². The number of nitrogens with one attached hydrogen (secondary N) is 1. The first-order valence-corrected chi connectivity index (χ1v) is 8.68. The molecule has 3 rings (SSSR count). The zero-order valence-corrected chi connectivity index (χ0v) is 15.4. The Morgan fingerprint density at radius 3 is 2.88 bits per heavy atom. The molecule has 0 amide bonds. The standard InChI is InChI=1S/C18H27N5O2/c1-12-7-8-19-13(2)16(12)23-9-5-6-15-17(22(3)21-18(15)23)20-14(10-24)11-25-4/h7-8,14,20,24H,5-6,9-11H2,1-4H3. The molecule has 2 N–H and O–H groups in total. The third-order valence-electron chi connectivity index (χ3n) is 4.70. The lowest BCUT2D eigenvalue weighted by Crippen LogP contribution is -2.30. The van der Waals surface area contributed by atoms with Crippen LogP contribution >= 0.6 is 0 Å². The molecule has 1 unspecified atom stereocenters. The molecule has 7 heteroatoms. The Labute approximate surface area is 148 Å². The second-order valence-corrected chi connectivity index (χ2v) is 6.57. The number of aromatic nitrogens is 3. The van der Waals surface area contributed by atoms with Crippen LogP contribution in [0.5, 0.6) is 0 Å². The predicted molar refractivity (Wildman–Crippen MR) is 98.6 cm³/mol. The summed E-state index contributed by atoms with van der Waals surface area (Å²) in [4.78, 5) is 6.73. The molecule has 0 radical (unpaired) electrons. The van der Waals surface area contributed by atoms with E-state index < -0.39 is 0 Å². The van der Waals surface area contributed by atoms with Crippen LogP contribution in [0.2, 0.25) is 0 Å². The zero-order valence-electron chi connectivity index (χ0n) is 15.4. The summed E-state index contributed by atoms with van der Waals surface area (Å²) in [7, 11) is 3.57. The fourth-order valence-electron chi connectivity index (χ4n) is 3.55. The maximum absolute atomic E-state index is 9.56. The van der Waals surface area contributed by atoms with Gasteiger partial charge in [-0.25, -0.2) is 0 Å². The zero-order chi connectivity index (χ0) is 18.0. The molecule has 7 nitrogen and oxygen atoms in total. The van der Waals surface area contributed by atoms with E-state index in [1.165, 1.54) is 11.1 Å². The number of hydrogen-bond donors (Lipinski definition) is 2. The molecule has 0 saturated heterocycles. The smallest absolute Gasteiger partial charge is 0.160 e. The first kappa shape index (κ1) is 17.7. The number of anilines is 3. The van der Waals surface area contributed by atoms with Gasteiger partial charge in [0.1, 0.15) is 5.82 Å². The molecule has 1 atom stereocenters. The van der Waals surface area contributed by atoms with Gasteiger partial charge in [-0.05, 0) is 38.3 Å². The Hall–Kier alpha value is -2.12. The van der Waals surface area contributed by atoms with Gasteiger partial charge in [-0.1, -0.05) is 0 Å². The molecule has 2 aromatic heterocycles. The first-order chi connectivity index (χ1) is 12.1. The molecule has 0 fully saturated rings. The van der Waals surface area contributed by atoms with Crippen molar-refractivity contribution in [3.05, 3.63) is 29.1 Å². The van der Waals surface area contributed by atoms with Gasteiger partial charge in [0, 0.05) is 32.5 Å². The van der Waals surface area contributed by atoms with E-state index in [2.05, 4.69) is 22.1 Å². The van der Waals surface area contributed by atoms with Crippen molar-refractivity contribution in [1.29, 1.82) is 0 Å². The van der Waals surface area contributed by atoms with Gasteiger partial charge in [-0.2, -0.15) is 5.10 Å². The lowest BCUT2D eigenvalue weighted by atomic mass is 10.0. The highest BCUT2D eigenvalue weighted by atomic mass is 16.5. The second-order valence-electron chi connectivity index (χ2n) is 6.57. The van der Waals surface area contributed by atoms with Crippen molar-refractivity contribution in [3.8, 4) is 0 Å². The van der Waals surface area contributed by atoms with E-state index in [9.17, 15) is 5.11 Å². The second kappa shape index (κ2) is 7.41. The van der Waals surface area contributed by atoms with Crippen LogP contribution < -0.4 is 10.2 Å². The average molecular weight is 345 g/mol. The summed E-state index contributed by atoms with van der Waals surface area (Å²) >= 11 is 0. The minimum Gasteiger partial charge on any atom is -0.394 e. The minimum absolute atomic E-state index is 0.0122. The van der Waals surface area contributed by atoms with Crippen LogP contribution in [0.25, 0.3) is 0 Å². The molecule has 3 heterocycles. The summed E-state index contributed by atoms with van der Waals surface area (Å²) in [6, 6.07) is 1.89. The van der Waals surface area contributed by atoms with Crippen molar-refractivity contribution in [2.45, 2.75) is 32.7 Å². The summed E-state index contributed by atoms with van der Waals surface area (Å²) in [5.74, 6) is 1.93. The third-order valence-corrected chi connectivity index (χ3v) is 4.70. The Kier molecular flexibility index (Phi) is 5.24. The number of aryl methyl sites for hydroxylation is 3. The predicted octanol–water partition coefficient (Wildman–Crippen LogP) is 1.94. The quantitative estimate of drug-likeness (QED) is 0.833. The van der Waals surface area contributed by atoms with Crippen molar-refractivity contribution in [1.82, 2.24) is 14.8 Å². The van der Waals surface area contributed by atoms with E-state index in [-0.39, 0.29) is 12.6 Å². The molecule has 0 spiro atoms. The van der Waals surface area contributed by atoms with Gasteiger partial charge in [0.25, 0.3) is 0 Å². The number of aliphatic hydroxyl groups excluding tert-OH is 1. The Bertz CT molecular complexity index is 723. The van der Waals surface area contributed by atoms with Crippen molar-refractivity contribution in [3.63, 3.8) is 0 Å². The van der Waals surface area contributed by atoms with Crippen molar-refractivity contribution < 1.29 is 9.84 Å². The number of aliphatic hydroxyl groups is 1. The van der Waals surface area contributed by atoms with E-state index in [1.807, 2.05) is 30.9 Å². The lowest BCUT2D eigenvalue weighted by molar-refractivity contribution is 0.153. The van der Waals surface area contributed by atoms with Gasteiger partial charge in [0.15, 0.2) is 5.82 Å². The number of nitrogens with zero attached hydrogens (tertiary/aromatic N) is 4. The van der Waals surface area contributed by atoms with Crippen molar-refractivity contribution in [2.75, 3.05) is 37.1 Å². The van der Waals surface area contributed by atoms with Crippen LogP contribution in [-0.2, 0) is 18.2 Å². The van der Waals surface area contributed by atoms with Crippen LogP contribution in [0.3, 0.4) is 0 Å². The van der Waals surface area contributed by atoms with E-state index in [1.54, 1.807) is 7.11 Å². The highest BCUT2D eigenvalue weighted by Gasteiger charge is 2.28. The number of rotatable bonds is 6. The van der Waals surface area contributed by atoms with Gasteiger partial charge in [-0.15, -0.1) is 0 Å². The van der Waals surface area contributed by atoms with E-state index in [4.69, 9.17) is 9.84 Å². The Balaban J connectivity index is 1.99. The van der Waals surface area contributed by atoms with E-state index >= 15 is 0 Å². The molecule has 0 aliphatic carbocycles. The van der Waals surface area contributed by atoms with Crippen molar-refractivity contribution >= 4 is 17.3 Å². The summed E-state index contributed by atoms with van der Waals surface area (Å²) in [5.41, 5.74) is 4.54. The summed E-state index contributed by atoms with van der Waals surface area (Å²) in [6.45, 7) is 5.54. The van der Waals surface area contributed by atoms with Gasteiger partial charge < -0.3 is 20.1 Å². The molecular weight excluding hydrogens is 318 g/mol. The molecule has 1 aliphatic heterocycles. The Morgan fingerprint density at radius 1 is 1.40 bits per heavy atom. The fourth-order valence-corrected chi connectivity index (χ4v) is 3.55. The largest absolute Gasteiger partial charge is 0.394 e. The van der Waals surface area contributed by atoms with Gasteiger partial charge in [0.05, 0.1) is 30.6 Å². The number of fused-ring (bicyclic) bond motifs is 1. The molecule has 2 aromatic rings. The normalized spacial score (nSPS) is 15.2. The van der Waals surface area contributed by atoms with Gasteiger partial charge >= 0.3 is 0 Å². The third kappa shape index (κ3) is 3.34. The molecule has 0 aromatic carbocycles. The molecule has 25 heavy (non-hydrogen) atoms. The maximum atomic E-state index is 9.56. The number of pyridine rings is 1. The molecule has 0 bridgehead atoms. The van der Waals surface area contributed by atoms with Crippen LogP contribution in [0.4, 0.5) is 17.3 Å². The number of methoxy groups -OCH3 is 1. The van der Waals surface area contributed by atoms with Crippen LogP contribution in [0.15, 0.2) is 12.3 Å². The maximum Gasteiger partial charge on any atom is 0.160 e. The summed E-state index contributed by atoms with van der Waals surface area (Å²) < 4.78 is 7.04. The van der Waals surface area contributed by atoms with Gasteiger partial charge in [0.2, 0.25) is 0 Å². The lowest BCUT2D eigenvalue weighted by Gasteiger charge is -2.30. The fraction of sp³-hybridized carbons (Fsp3) is 0.556. The van der Waals surface area contributed by atoms with Crippen molar-refractivity contribution in [2.24, 2.45) is 7.05 Å². The SMILES string of the molecule is COCC(CO)Nc1c2c(nn1C)N(c1c(C)ccnc1C)CCC2.